The Bertz CT molecular complexity index is 693. The maximum Gasteiger partial charge on any atom is 0.241 e. The number of nitrogens with zero attached hydrogens (tertiary/aromatic N) is 2. The van der Waals surface area contributed by atoms with Crippen molar-refractivity contribution in [1.29, 1.82) is 0 Å². The van der Waals surface area contributed by atoms with Crippen LogP contribution in [0.3, 0.4) is 0 Å². The third-order valence-electron chi connectivity index (χ3n) is 4.49. The lowest BCUT2D eigenvalue weighted by atomic mass is 9.95. The molecule has 1 aromatic carbocycles. The van der Waals surface area contributed by atoms with E-state index in [2.05, 4.69) is 34.6 Å². The Morgan fingerprint density at radius 2 is 1.96 bits per heavy atom. The highest BCUT2D eigenvalue weighted by atomic mass is 16.2. The number of hydrazine groups is 1. The molecule has 2 aromatic rings. The number of hydrogen-bond donors (Lipinski definition) is 2. The Morgan fingerprint density at radius 1 is 1.21 bits per heavy atom. The molecule has 0 atom stereocenters. The Morgan fingerprint density at radius 3 is 2.71 bits per heavy atom. The second-order valence-electron chi connectivity index (χ2n) is 6.97. The van der Waals surface area contributed by atoms with Crippen LogP contribution >= 0.6 is 0 Å². The molecular formula is C19H26N4O. The molecule has 1 fully saturated rings. The maximum absolute atomic E-state index is 12.3. The molecule has 0 radical (unpaired) electrons. The molecule has 0 unspecified atom stereocenters. The van der Waals surface area contributed by atoms with Gasteiger partial charge in [-0.15, -0.1) is 0 Å². The SMILES string of the molecule is CC(C)CN1CCC(C(=O)NNc2ccc3ccccc3n2)CC1. The van der Waals surface area contributed by atoms with Crippen LogP contribution < -0.4 is 10.9 Å². The molecule has 1 aliphatic rings. The first-order chi connectivity index (χ1) is 11.6. The summed E-state index contributed by atoms with van der Waals surface area (Å²) < 4.78 is 0. The van der Waals surface area contributed by atoms with Crippen LogP contribution in [0.2, 0.25) is 0 Å². The average molecular weight is 326 g/mol. The Hall–Kier alpha value is -2.14. The van der Waals surface area contributed by atoms with Gasteiger partial charge in [-0.25, -0.2) is 4.98 Å². The number of fused-ring (bicyclic) bond motifs is 1. The number of pyridine rings is 1. The summed E-state index contributed by atoms with van der Waals surface area (Å²) in [5, 5.41) is 1.09. The molecule has 5 nitrogen and oxygen atoms in total. The molecular weight excluding hydrogens is 300 g/mol. The molecule has 0 aliphatic carbocycles. The molecule has 2 N–H and O–H groups in total. The molecule has 5 heteroatoms. The van der Waals surface area contributed by atoms with Crippen molar-refractivity contribution in [3.63, 3.8) is 0 Å². The first-order valence-electron chi connectivity index (χ1n) is 8.76. The van der Waals surface area contributed by atoms with Gasteiger partial charge in [-0.3, -0.25) is 15.6 Å². The molecule has 1 saturated heterocycles. The van der Waals surface area contributed by atoms with Crippen LogP contribution in [0.25, 0.3) is 10.9 Å². The van der Waals surface area contributed by atoms with Crippen molar-refractivity contribution < 1.29 is 4.79 Å². The largest absolute Gasteiger partial charge is 0.303 e. The Labute approximate surface area is 143 Å². The molecule has 0 bridgehead atoms. The zero-order chi connectivity index (χ0) is 16.9. The monoisotopic (exact) mass is 326 g/mol. The van der Waals surface area contributed by atoms with Gasteiger partial charge in [0.05, 0.1) is 5.52 Å². The predicted molar refractivity (Wildman–Crippen MR) is 97.5 cm³/mol. The predicted octanol–water partition coefficient (Wildman–Crippen LogP) is 3.05. The fraction of sp³-hybridized carbons (Fsp3) is 0.474. The number of likely N-dealkylation sites (tertiary alicyclic amines) is 1. The summed E-state index contributed by atoms with van der Waals surface area (Å²) in [6.45, 7) is 7.60. The van der Waals surface area contributed by atoms with Crippen LogP contribution in [0.4, 0.5) is 5.82 Å². The lowest BCUT2D eigenvalue weighted by molar-refractivity contribution is -0.125. The van der Waals surface area contributed by atoms with Crippen molar-refractivity contribution >= 4 is 22.6 Å². The van der Waals surface area contributed by atoms with Crippen LogP contribution in [0.15, 0.2) is 36.4 Å². The van der Waals surface area contributed by atoms with E-state index < -0.39 is 0 Å². The quantitative estimate of drug-likeness (QED) is 0.829. The van der Waals surface area contributed by atoms with Crippen LogP contribution in [0, 0.1) is 11.8 Å². The van der Waals surface area contributed by atoms with Crippen molar-refractivity contribution in [2.45, 2.75) is 26.7 Å². The zero-order valence-corrected chi connectivity index (χ0v) is 14.5. The molecule has 1 aliphatic heterocycles. The number of aromatic nitrogens is 1. The van der Waals surface area contributed by atoms with E-state index in [4.69, 9.17) is 0 Å². The van der Waals surface area contributed by atoms with Crippen LogP contribution in [0.5, 0.6) is 0 Å². The topological polar surface area (TPSA) is 57.3 Å². The molecule has 128 valence electrons. The van der Waals surface area contributed by atoms with Gasteiger partial charge in [0.1, 0.15) is 5.82 Å². The van der Waals surface area contributed by atoms with E-state index in [-0.39, 0.29) is 11.8 Å². The highest BCUT2D eigenvalue weighted by molar-refractivity contribution is 5.82. The van der Waals surface area contributed by atoms with Crippen molar-refractivity contribution in [2.24, 2.45) is 11.8 Å². The van der Waals surface area contributed by atoms with Gasteiger partial charge < -0.3 is 4.90 Å². The number of rotatable bonds is 5. The zero-order valence-electron chi connectivity index (χ0n) is 14.5. The summed E-state index contributed by atoms with van der Waals surface area (Å²) in [5.41, 5.74) is 6.69. The van der Waals surface area contributed by atoms with E-state index in [1.54, 1.807) is 0 Å². The molecule has 24 heavy (non-hydrogen) atoms. The lowest BCUT2D eigenvalue weighted by Crippen LogP contribution is -2.43. The smallest absolute Gasteiger partial charge is 0.241 e. The van der Waals surface area contributed by atoms with Crippen LogP contribution in [-0.4, -0.2) is 35.4 Å². The van der Waals surface area contributed by atoms with Gasteiger partial charge in [0, 0.05) is 17.8 Å². The van der Waals surface area contributed by atoms with E-state index in [0.717, 1.165) is 43.4 Å². The molecule has 0 saturated carbocycles. The fourth-order valence-corrected chi connectivity index (χ4v) is 3.26. The van der Waals surface area contributed by atoms with E-state index >= 15 is 0 Å². The van der Waals surface area contributed by atoms with E-state index in [1.807, 2.05) is 36.4 Å². The highest BCUT2D eigenvalue weighted by Gasteiger charge is 2.25. The summed E-state index contributed by atoms with van der Waals surface area (Å²) in [7, 11) is 0. The minimum absolute atomic E-state index is 0.0640. The lowest BCUT2D eigenvalue weighted by Gasteiger charge is -2.32. The number of anilines is 1. The van der Waals surface area contributed by atoms with E-state index in [1.165, 1.54) is 0 Å². The average Bonchev–Trinajstić information content (AvgIpc) is 2.59. The number of amides is 1. The molecule has 1 amide bonds. The van der Waals surface area contributed by atoms with Crippen molar-refractivity contribution in [3.05, 3.63) is 36.4 Å². The third kappa shape index (κ3) is 4.23. The summed E-state index contributed by atoms with van der Waals surface area (Å²) >= 11 is 0. The van der Waals surface area contributed by atoms with E-state index in [0.29, 0.717) is 11.7 Å². The number of para-hydroxylation sites is 1. The molecule has 3 rings (SSSR count). The second kappa shape index (κ2) is 7.62. The first kappa shape index (κ1) is 16.7. The Kier molecular flexibility index (Phi) is 5.30. The maximum atomic E-state index is 12.3. The summed E-state index contributed by atoms with van der Waals surface area (Å²) in [6.07, 6.45) is 1.84. The number of hydrogen-bond acceptors (Lipinski definition) is 4. The normalized spacial score (nSPS) is 16.5. The fourth-order valence-electron chi connectivity index (χ4n) is 3.26. The molecule has 2 heterocycles. The van der Waals surface area contributed by atoms with Gasteiger partial charge in [0.2, 0.25) is 5.91 Å². The van der Waals surface area contributed by atoms with Gasteiger partial charge in [0.15, 0.2) is 0 Å². The van der Waals surface area contributed by atoms with E-state index in [9.17, 15) is 4.79 Å². The number of nitrogens with one attached hydrogen (secondary N) is 2. The minimum Gasteiger partial charge on any atom is -0.303 e. The number of piperidine rings is 1. The summed E-state index contributed by atoms with van der Waals surface area (Å²) in [4.78, 5) is 19.3. The van der Waals surface area contributed by atoms with Gasteiger partial charge in [-0.05, 0) is 50.0 Å². The molecule has 1 aromatic heterocycles. The highest BCUT2D eigenvalue weighted by Crippen LogP contribution is 2.18. The van der Waals surface area contributed by atoms with Crippen molar-refractivity contribution in [1.82, 2.24) is 15.3 Å². The van der Waals surface area contributed by atoms with Crippen LogP contribution in [-0.2, 0) is 4.79 Å². The van der Waals surface area contributed by atoms with Gasteiger partial charge in [-0.2, -0.15) is 0 Å². The van der Waals surface area contributed by atoms with Crippen molar-refractivity contribution in [2.75, 3.05) is 25.1 Å². The second-order valence-corrected chi connectivity index (χ2v) is 6.97. The Balaban J connectivity index is 1.50. The summed E-state index contributed by atoms with van der Waals surface area (Å²) in [5.74, 6) is 1.49. The third-order valence-corrected chi connectivity index (χ3v) is 4.49. The van der Waals surface area contributed by atoms with Crippen molar-refractivity contribution in [3.8, 4) is 0 Å². The molecule has 0 spiro atoms. The summed E-state index contributed by atoms with van der Waals surface area (Å²) in [6, 6.07) is 11.8. The standard InChI is InChI=1S/C19H26N4O/c1-14(2)13-23-11-9-16(10-12-23)19(24)22-21-18-8-7-15-5-3-4-6-17(15)20-18/h3-8,14,16H,9-13H2,1-2H3,(H,20,21)(H,22,24). The number of benzene rings is 1. The first-order valence-corrected chi connectivity index (χ1v) is 8.76. The van der Waals surface area contributed by atoms with Gasteiger partial charge >= 0.3 is 0 Å². The number of carbonyl (C=O) groups is 1. The van der Waals surface area contributed by atoms with Crippen LogP contribution in [0.1, 0.15) is 26.7 Å². The van der Waals surface area contributed by atoms with Gasteiger partial charge in [-0.1, -0.05) is 32.0 Å². The van der Waals surface area contributed by atoms with Gasteiger partial charge in [0.25, 0.3) is 0 Å². The minimum atomic E-state index is 0.0640. The number of carbonyl (C=O) groups excluding carboxylic acids is 1.